The van der Waals surface area contributed by atoms with Gasteiger partial charge in [-0.15, -0.1) is 0 Å². The second kappa shape index (κ2) is 9.42. The summed E-state index contributed by atoms with van der Waals surface area (Å²) in [5, 5.41) is 15.7. The number of aryl methyl sites for hydroxylation is 1. The van der Waals surface area contributed by atoms with E-state index in [-0.39, 0.29) is 0 Å². The zero-order valence-electron chi connectivity index (χ0n) is 16.7. The van der Waals surface area contributed by atoms with Crippen molar-refractivity contribution in [3.05, 3.63) is 65.4 Å². The number of nitrogens with zero attached hydrogens (tertiary/aromatic N) is 3. The maximum absolute atomic E-state index is 9.25. The molecule has 0 amide bonds. The van der Waals surface area contributed by atoms with Crippen molar-refractivity contribution in [2.45, 2.75) is 13.3 Å². The fourth-order valence-corrected chi connectivity index (χ4v) is 2.89. The fraction of sp³-hybridized carbons (Fsp3) is 0.227. The van der Waals surface area contributed by atoms with E-state index >= 15 is 0 Å². The first kappa shape index (κ1) is 20.0. The van der Waals surface area contributed by atoms with Crippen LogP contribution in [0.2, 0.25) is 0 Å². The summed E-state index contributed by atoms with van der Waals surface area (Å²) in [5.74, 6) is 2.58. The highest BCUT2D eigenvalue weighted by Gasteiger charge is 2.07. The highest BCUT2D eigenvalue weighted by Crippen LogP contribution is 2.27. The van der Waals surface area contributed by atoms with Crippen molar-refractivity contribution >= 4 is 17.5 Å². The minimum atomic E-state index is 0.530. The summed E-state index contributed by atoms with van der Waals surface area (Å²) in [6.45, 7) is 2.57. The van der Waals surface area contributed by atoms with Gasteiger partial charge in [0.25, 0.3) is 0 Å². The molecule has 0 aliphatic heterocycles. The van der Waals surface area contributed by atoms with Gasteiger partial charge in [0.05, 0.1) is 25.5 Å². The average Bonchev–Trinajstić information content (AvgIpc) is 2.73. The second-order valence-electron chi connectivity index (χ2n) is 6.37. The molecule has 0 spiro atoms. The van der Waals surface area contributed by atoms with Crippen LogP contribution in [0.4, 0.5) is 17.5 Å². The maximum Gasteiger partial charge on any atom is 0.224 e. The van der Waals surface area contributed by atoms with Gasteiger partial charge in [-0.3, -0.25) is 0 Å². The Bertz CT molecular complexity index is 1030. The fourth-order valence-electron chi connectivity index (χ4n) is 2.89. The van der Waals surface area contributed by atoms with E-state index in [4.69, 9.17) is 9.47 Å². The number of methoxy groups -OCH3 is 2. The number of ether oxygens (including phenoxy) is 2. The number of rotatable bonds is 8. The lowest BCUT2D eigenvalue weighted by Crippen LogP contribution is -2.10. The molecule has 0 radical (unpaired) electrons. The lowest BCUT2D eigenvalue weighted by Gasteiger charge is -2.12. The summed E-state index contributed by atoms with van der Waals surface area (Å²) in [5.41, 5.74) is 3.21. The molecule has 1 aromatic heterocycles. The van der Waals surface area contributed by atoms with Crippen LogP contribution in [0, 0.1) is 18.3 Å². The molecular weight excluding hydrogens is 366 g/mol. The van der Waals surface area contributed by atoms with Gasteiger partial charge in [-0.05, 0) is 43.2 Å². The first-order chi connectivity index (χ1) is 14.1. The van der Waals surface area contributed by atoms with Gasteiger partial charge in [-0.25, -0.2) is 4.98 Å². The molecule has 0 fully saturated rings. The topological polar surface area (TPSA) is 92.1 Å². The number of anilines is 3. The lowest BCUT2D eigenvalue weighted by molar-refractivity contribution is 0.354. The molecule has 2 aromatic carbocycles. The summed E-state index contributed by atoms with van der Waals surface area (Å²) >= 11 is 0. The lowest BCUT2D eigenvalue weighted by atomic mass is 10.1. The van der Waals surface area contributed by atoms with Gasteiger partial charge in [0, 0.05) is 18.3 Å². The van der Waals surface area contributed by atoms with Crippen LogP contribution >= 0.6 is 0 Å². The van der Waals surface area contributed by atoms with Gasteiger partial charge in [-0.1, -0.05) is 18.2 Å². The molecule has 3 rings (SSSR count). The molecule has 0 aliphatic rings. The predicted octanol–water partition coefficient (Wildman–Crippen LogP) is 4.07. The van der Waals surface area contributed by atoms with E-state index in [1.165, 1.54) is 0 Å². The van der Waals surface area contributed by atoms with Crippen LogP contribution in [0.15, 0.2) is 48.5 Å². The van der Waals surface area contributed by atoms with Crippen molar-refractivity contribution in [1.29, 1.82) is 5.26 Å². The Morgan fingerprint density at radius 2 is 1.79 bits per heavy atom. The average molecular weight is 389 g/mol. The van der Waals surface area contributed by atoms with E-state index in [1.54, 1.807) is 20.3 Å². The van der Waals surface area contributed by atoms with Crippen molar-refractivity contribution < 1.29 is 9.47 Å². The molecular formula is C22H23N5O2. The van der Waals surface area contributed by atoms with E-state index in [0.717, 1.165) is 17.7 Å². The summed E-state index contributed by atoms with van der Waals surface area (Å²) < 4.78 is 10.6. The van der Waals surface area contributed by atoms with Crippen LogP contribution in [0.1, 0.15) is 16.8 Å². The molecule has 0 unspecified atom stereocenters. The van der Waals surface area contributed by atoms with E-state index in [2.05, 4.69) is 26.7 Å². The van der Waals surface area contributed by atoms with Gasteiger partial charge < -0.3 is 20.1 Å². The molecule has 3 aromatic rings. The summed E-state index contributed by atoms with van der Waals surface area (Å²) in [7, 11) is 3.24. The first-order valence-corrected chi connectivity index (χ1v) is 9.19. The molecule has 7 heteroatoms. The molecule has 1 heterocycles. The van der Waals surface area contributed by atoms with Crippen molar-refractivity contribution in [3.63, 3.8) is 0 Å². The Labute approximate surface area is 170 Å². The second-order valence-corrected chi connectivity index (χ2v) is 6.37. The Kier molecular flexibility index (Phi) is 6.48. The number of nitrogens with one attached hydrogen (secondary N) is 2. The van der Waals surface area contributed by atoms with Crippen LogP contribution < -0.4 is 20.1 Å². The minimum absolute atomic E-state index is 0.530. The van der Waals surface area contributed by atoms with E-state index in [1.807, 2.05) is 49.4 Å². The molecule has 0 atom stereocenters. The van der Waals surface area contributed by atoms with Crippen molar-refractivity contribution in [2.75, 3.05) is 31.4 Å². The summed E-state index contributed by atoms with van der Waals surface area (Å²) in [4.78, 5) is 8.95. The van der Waals surface area contributed by atoms with E-state index < -0.39 is 0 Å². The number of para-hydroxylation sites is 1. The smallest absolute Gasteiger partial charge is 0.224 e. The SMILES string of the molecule is COc1ccc(CCNc2nc(C)cc(Nc3ccccc3C#N)n2)cc1OC. The molecule has 0 saturated heterocycles. The number of nitriles is 1. The quantitative estimate of drug-likeness (QED) is 0.600. The Hall–Kier alpha value is -3.79. The van der Waals surface area contributed by atoms with Gasteiger partial charge in [0.15, 0.2) is 11.5 Å². The van der Waals surface area contributed by atoms with Crippen molar-refractivity contribution in [3.8, 4) is 17.6 Å². The third-order valence-corrected chi connectivity index (χ3v) is 4.31. The molecule has 148 valence electrons. The minimum Gasteiger partial charge on any atom is -0.493 e. The number of hydrogen-bond donors (Lipinski definition) is 2. The van der Waals surface area contributed by atoms with Crippen LogP contribution in [0.25, 0.3) is 0 Å². The summed E-state index contributed by atoms with van der Waals surface area (Å²) in [6, 6.07) is 17.2. The third kappa shape index (κ3) is 5.14. The van der Waals surface area contributed by atoms with Crippen LogP contribution in [0.3, 0.4) is 0 Å². The maximum atomic E-state index is 9.25. The molecule has 7 nitrogen and oxygen atoms in total. The largest absolute Gasteiger partial charge is 0.493 e. The standard InChI is InChI=1S/C22H23N5O2/c1-15-12-21(26-18-7-5-4-6-17(18)14-23)27-22(25-15)24-11-10-16-8-9-19(28-2)20(13-16)29-3/h4-9,12-13H,10-11H2,1-3H3,(H2,24,25,26,27). The Morgan fingerprint density at radius 3 is 2.55 bits per heavy atom. The first-order valence-electron chi connectivity index (χ1n) is 9.19. The van der Waals surface area contributed by atoms with Crippen molar-refractivity contribution in [2.24, 2.45) is 0 Å². The molecule has 2 N–H and O–H groups in total. The zero-order chi connectivity index (χ0) is 20.6. The molecule has 0 bridgehead atoms. The molecule has 0 aliphatic carbocycles. The zero-order valence-corrected chi connectivity index (χ0v) is 16.7. The predicted molar refractivity (Wildman–Crippen MR) is 113 cm³/mol. The van der Waals surface area contributed by atoms with Crippen LogP contribution in [0.5, 0.6) is 11.5 Å². The van der Waals surface area contributed by atoms with Gasteiger partial charge in [0.1, 0.15) is 11.9 Å². The van der Waals surface area contributed by atoms with E-state index in [9.17, 15) is 5.26 Å². The molecule has 0 saturated carbocycles. The van der Waals surface area contributed by atoms with Crippen LogP contribution in [-0.4, -0.2) is 30.7 Å². The van der Waals surface area contributed by atoms with Gasteiger partial charge in [-0.2, -0.15) is 10.2 Å². The highest BCUT2D eigenvalue weighted by molar-refractivity contribution is 5.65. The van der Waals surface area contributed by atoms with Gasteiger partial charge in [0.2, 0.25) is 5.95 Å². The summed E-state index contributed by atoms with van der Waals surface area (Å²) in [6.07, 6.45) is 0.775. The number of aromatic nitrogens is 2. The Balaban J connectivity index is 1.67. The number of benzene rings is 2. The van der Waals surface area contributed by atoms with Gasteiger partial charge >= 0.3 is 0 Å². The Morgan fingerprint density at radius 1 is 1.00 bits per heavy atom. The third-order valence-electron chi connectivity index (χ3n) is 4.31. The van der Waals surface area contributed by atoms with Crippen LogP contribution in [-0.2, 0) is 6.42 Å². The van der Waals surface area contributed by atoms with Crippen molar-refractivity contribution in [1.82, 2.24) is 9.97 Å². The normalized spacial score (nSPS) is 10.1. The van der Waals surface area contributed by atoms with E-state index in [0.29, 0.717) is 41.1 Å². The highest BCUT2D eigenvalue weighted by atomic mass is 16.5. The monoisotopic (exact) mass is 389 g/mol. The molecule has 29 heavy (non-hydrogen) atoms. The number of hydrogen-bond acceptors (Lipinski definition) is 7.